The number of nitrogens with one attached hydrogen (secondary N) is 1. The van der Waals surface area contributed by atoms with Gasteiger partial charge in [-0.15, -0.1) is 0 Å². The van der Waals surface area contributed by atoms with Crippen LogP contribution >= 0.6 is 11.6 Å². The Kier molecular flexibility index (Phi) is 4.68. The minimum absolute atomic E-state index is 0.153. The van der Waals surface area contributed by atoms with E-state index < -0.39 is 0 Å². The number of benzene rings is 1. The van der Waals surface area contributed by atoms with E-state index in [2.05, 4.69) is 15.5 Å². The summed E-state index contributed by atoms with van der Waals surface area (Å²) in [6, 6.07) is 12.6. The molecule has 0 saturated heterocycles. The molecule has 1 aromatic carbocycles. The van der Waals surface area contributed by atoms with E-state index in [4.69, 9.17) is 16.1 Å². The highest BCUT2D eigenvalue weighted by atomic mass is 35.5. The predicted octanol–water partition coefficient (Wildman–Crippen LogP) is 3.36. The molecule has 0 fully saturated rings. The van der Waals surface area contributed by atoms with Gasteiger partial charge >= 0.3 is 0 Å². The molecule has 0 bridgehead atoms. The number of hydrogen-bond acceptors (Lipinski definition) is 4. The van der Waals surface area contributed by atoms with E-state index in [9.17, 15) is 4.79 Å². The average molecular weight is 328 g/mol. The molecule has 0 radical (unpaired) electrons. The van der Waals surface area contributed by atoms with Crippen LogP contribution in [0.1, 0.15) is 16.1 Å². The van der Waals surface area contributed by atoms with E-state index in [0.717, 1.165) is 11.3 Å². The van der Waals surface area contributed by atoms with Crippen molar-refractivity contribution in [3.63, 3.8) is 0 Å². The molecule has 0 atom stereocenters. The van der Waals surface area contributed by atoms with Crippen molar-refractivity contribution >= 4 is 17.5 Å². The maximum atomic E-state index is 11.9. The van der Waals surface area contributed by atoms with Gasteiger partial charge in [-0.2, -0.15) is 0 Å². The van der Waals surface area contributed by atoms with Crippen LogP contribution in [0.5, 0.6) is 0 Å². The van der Waals surface area contributed by atoms with Crippen molar-refractivity contribution in [3.8, 4) is 11.3 Å². The Morgan fingerprint density at radius 2 is 2.04 bits per heavy atom. The van der Waals surface area contributed by atoms with Gasteiger partial charge in [0.1, 0.15) is 0 Å². The first-order chi connectivity index (χ1) is 11.2. The van der Waals surface area contributed by atoms with Crippen molar-refractivity contribution in [2.24, 2.45) is 0 Å². The molecule has 0 unspecified atom stereocenters. The van der Waals surface area contributed by atoms with E-state index in [1.165, 1.54) is 6.20 Å². The van der Waals surface area contributed by atoms with Crippen LogP contribution in [0.2, 0.25) is 5.02 Å². The van der Waals surface area contributed by atoms with E-state index in [1.54, 1.807) is 30.5 Å². The molecule has 2 heterocycles. The Morgan fingerprint density at radius 1 is 1.22 bits per heavy atom. The van der Waals surface area contributed by atoms with Crippen molar-refractivity contribution in [3.05, 3.63) is 71.1 Å². The smallest absolute Gasteiger partial charge is 0.252 e. The SMILES string of the molecule is O=C(NCCc1cc(-c2ccc(Cl)cc2)on1)c1cccnc1. The summed E-state index contributed by atoms with van der Waals surface area (Å²) < 4.78 is 5.32. The highest BCUT2D eigenvalue weighted by Gasteiger charge is 2.08. The lowest BCUT2D eigenvalue weighted by Gasteiger charge is -2.02. The van der Waals surface area contributed by atoms with Crippen LogP contribution in [-0.2, 0) is 6.42 Å². The van der Waals surface area contributed by atoms with Crippen LogP contribution < -0.4 is 5.32 Å². The summed E-state index contributed by atoms with van der Waals surface area (Å²) in [4.78, 5) is 15.8. The van der Waals surface area contributed by atoms with Gasteiger partial charge in [0.05, 0.1) is 11.3 Å². The van der Waals surface area contributed by atoms with E-state index in [-0.39, 0.29) is 5.91 Å². The summed E-state index contributed by atoms with van der Waals surface area (Å²) in [7, 11) is 0. The van der Waals surface area contributed by atoms with Crippen molar-refractivity contribution in [2.45, 2.75) is 6.42 Å². The minimum atomic E-state index is -0.153. The summed E-state index contributed by atoms with van der Waals surface area (Å²) in [5.41, 5.74) is 2.23. The number of nitrogens with zero attached hydrogens (tertiary/aromatic N) is 2. The van der Waals surface area contributed by atoms with Gasteiger partial charge in [0.25, 0.3) is 5.91 Å². The van der Waals surface area contributed by atoms with Gasteiger partial charge < -0.3 is 9.84 Å². The molecule has 0 saturated carbocycles. The molecule has 23 heavy (non-hydrogen) atoms. The quantitative estimate of drug-likeness (QED) is 0.780. The van der Waals surface area contributed by atoms with Gasteiger partial charge in [-0.1, -0.05) is 16.8 Å². The lowest BCUT2D eigenvalue weighted by Crippen LogP contribution is -2.25. The van der Waals surface area contributed by atoms with Gasteiger partial charge in [0.15, 0.2) is 5.76 Å². The zero-order valence-corrected chi connectivity index (χ0v) is 13.0. The van der Waals surface area contributed by atoms with Crippen LogP contribution in [0.25, 0.3) is 11.3 Å². The van der Waals surface area contributed by atoms with Crippen molar-refractivity contribution in [1.82, 2.24) is 15.5 Å². The third kappa shape index (κ3) is 3.96. The molecule has 1 amide bonds. The monoisotopic (exact) mass is 327 g/mol. The highest BCUT2D eigenvalue weighted by molar-refractivity contribution is 6.30. The minimum Gasteiger partial charge on any atom is -0.356 e. The van der Waals surface area contributed by atoms with Crippen molar-refractivity contribution < 1.29 is 9.32 Å². The standard InChI is InChI=1S/C17H14ClN3O2/c18-14-5-3-12(4-6-14)16-10-15(21-23-16)7-9-20-17(22)13-2-1-8-19-11-13/h1-6,8,10-11H,7,9H2,(H,20,22). The Hall–Kier alpha value is -2.66. The fourth-order valence-corrected chi connectivity index (χ4v) is 2.21. The largest absolute Gasteiger partial charge is 0.356 e. The maximum absolute atomic E-state index is 11.9. The van der Waals surface area contributed by atoms with E-state index in [0.29, 0.717) is 29.3 Å². The van der Waals surface area contributed by atoms with Gasteiger partial charge in [-0.25, -0.2) is 0 Å². The molecular formula is C17H14ClN3O2. The summed E-state index contributed by atoms with van der Waals surface area (Å²) in [5, 5.41) is 7.51. The number of aromatic nitrogens is 2. The number of carbonyl (C=O) groups excluding carboxylic acids is 1. The predicted molar refractivity (Wildman–Crippen MR) is 87.2 cm³/mol. The molecule has 0 aliphatic heterocycles. The average Bonchev–Trinajstić information content (AvgIpc) is 3.05. The third-order valence-corrected chi connectivity index (χ3v) is 3.53. The molecule has 2 aromatic heterocycles. The normalized spacial score (nSPS) is 10.5. The molecule has 0 spiro atoms. The molecule has 5 nitrogen and oxygen atoms in total. The Bertz CT molecular complexity index is 785. The molecule has 0 aliphatic rings. The second kappa shape index (κ2) is 7.07. The molecule has 0 aliphatic carbocycles. The van der Waals surface area contributed by atoms with Crippen molar-refractivity contribution in [1.29, 1.82) is 0 Å². The zero-order valence-electron chi connectivity index (χ0n) is 12.2. The molecule has 1 N–H and O–H groups in total. The van der Waals surface area contributed by atoms with Crippen LogP contribution in [0.15, 0.2) is 59.4 Å². The first-order valence-corrected chi connectivity index (χ1v) is 7.50. The first kappa shape index (κ1) is 15.2. The summed E-state index contributed by atoms with van der Waals surface area (Å²) >= 11 is 5.86. The van der Waals surface area contributed by atoms with Gasteiger partial charge in [-0.05, 0) is 36.4 Å². The molecule has 6 heteroatoms. The van der Waals surface area contributed by atoms with Crippen LogP contribution in [0, 0.1) is 0 Å². The van der Waals surface area contributed by atoms with E-state index >= 15 is 0 Å². The fourth-order valence-electron chi connectivity index (χ4n) is 2.08. The number of amides is 1. The third-order valence-electron chi connectivity index (χ3n) is 3.28. The zero-order chi connectivity index (χ0) is 16.1. The van der Waals surface area contributed by atoms with Crippen LogP contribution in [0.3, 0.4) is 0 Å². The van der Waals surface area contributed by atoms with E-state index in [1.807, 2.05) is 18.2 Å². The molecular weight excluding hydrogens is 314 g/mol. The lowest BCUT2D eigenvalue weighted by molar-refractivity contribution is 0.0953. The molecule has 3 aromatic rings. The first-order valence-electron chi connectivity index (χ1n) is 7.12. The number of rotatable bonds is 5. The van der Waals surface area contributed by atoms with Crippen LogP contribution in [-0.4, -0.2) is 22.6 Å². The molecule has 3 rings (SSSR count). The summed E-state index contributed by atoms with van der Waals surface area (Å²) in [6.07, 6.45) is 3.75. The Morgan fingerprint density at radius 3 is 2.78 bits per heavy atom. The van der Waals surface area contributed by atoms with Gasteiger partial charge in [-0.3, -0.25) is 9.78 Å². The maximum Gasteiger partial charge on any atom is 0.252 e. The Balaban J connectivity index is 1.55. The molecule has 116 valence electrons. The second-order valence-corrected chi connectivity index (χ2v) is 5.37. The number of hydrogen-bond donors (Lipinski definition) is 1. The number of carbonyl (C=O) groups is 1. The second-order valence-electron chi connectivity index (χ2n) is 4.94. The van der Waals surface area contributed by atoms with Gasteiger partial charge in [0.2, 0.25) is 0 Å². The highest BCUT2D eigenvalue weighted by Crippen LogP contribution is 2.22. The van der Waals surface area contributed by atoms with Gasteiger partial charge in [0, 0.05) is 42.0 Å². The number of pyridine rings is 1. The fraction of sp³-hybridized carbons (Fsp3) is 0.118. The lowest BCUT2D eigenvalue weighted by atomic mass is 10.1. The topological polar surface area (TPSA) is 68.0 Å². The summed E-state index contributed by atoms with van der Waals surface area (Å²) in [6.45, 7) is 0.473. The summed E-state index contributed by atoms with van der Waals surface area (Å²) in [5.74, 6) is 0.523. The number of halogens is 1. The Labute approximate surface area is 138 Å². The van der Waals surface area contributed by atoms with Crippen LogP contribution in [0.4, 0.5) is 0 Å². The van der Waals surface area contributed by atoms with Crippen molar-refractivity contribution in [2.75, 3.05) is 6.54 Å².